The van der Waals surface area contributed by atoms with Crippen LogP contribution in [0.5, 0.6) is 5.75 Å². The summed E-state index contributed by atoms with van der Waals surface area (Å²) in [6.45, 7) is 0. The van der Waals surface area contributed by atoms with Gasteiger partial charge in [0.25, 0.3) is 0 Å². The Labute approximate surface area is 99.6 Å². The Morgan fingerprint density at radius 1 is 1.41 bits per heavy atom. The summed E-state index contributed by atoms with van der Waals surface area (Å²) in [7, 11) is 0. The quantitative estimate of drug-likeness (QED) is 0.855. The summed E-state index contributed by atoms with van der Waals surface area (Å²) >= 11 is 5.52. The Bertz CT molecular complexity index is 457. The lowest BCUT2D eigenvalue weighted by molar-refractivity contribution is -0.274. The summed E-state index contributed by atoms with van der Waals surface area (Å²) in [6.07, 6.45) is -2.56. The number of rotatable bonds is 3. The molecule has 0 aromatic heterocycles. The summed E-state index contributed by atoms with van der Waals surface area (Å²) in [5.74, 6) is -1.25. The second-order valence-electron chi connectivity index (χ2n) is 2.97. The highest BCUT2D eigenvalue weighted by Gasteiger charge is 2.32. The first-order chi connectivity index (χ1) is 7.78. The molecule has 0 saturated heterocycles. The molecular formula is C10H7ClF3NO2. The van der Waals surface area contributed by atoms with E-state index in [0.717, 1.165) is 12.1 Å². The Morgan fingerprint density at radius 3 is 2.59 bits per heavy atom. The zero-order valence-electron chi connectivity index (χ0n) is 8.29. The molecule has 7 heteroatoms. The zero-order valence-corrected chi connectivity index (χ0v) is 9.05. The fraction of sp³-hybridized carbons (Fsp3) is 0.100. The van der Waals surface area contributed by atoms with E-state index in [1.165, 1.54) is 18.2 Å². The summed E-state index contributed by atoms with van der Waals surface area (Å²) in [4.78, 5) is 10.5. The molecule has 0 aliphatic heterocycles. The van der Waals surface area contributed by atoms with Crippen molar-refractivity contribution in [3.8, 4) is 5.75 Å². The predicted molar refractivity (Wildman–Crippen MR) is 56.4 cm³/mol. The highest BCUT2D eigenvalue weighted by molar-refractivity contribution is 6.32. The monoisotopic (exact) mass is 265 g/mol. The number of hydrogen-bond acceptors (Lipinski definition) is 2. The number of hydrogen-bond donors (Lipinski definition) is 1. The normalized spacial score (nSPS) is 11.8. The average Bonchev–Trinajstić information content (AvgIpc) is 2.17. The van der Waals surface area contributed by atoms with Gasteiger partial charge in [0.2, 0.25) is 5.91 Å². The first-order valence-corrected chi connectivity index (χ1v) is 4.68. The van der Waals surface area contributed by atoms with Crippen LogP contribution in [0.3, 0.4) is 0 Å². The maximum atomic E-state index is 12.0. The molecule has 3 nitrogen and oxygen atoms in total. The molecule has 17 heavy (non-hydrogen) atoms. The van der Waals surface area contributed by atoms with Gasteiger partial charge in [0, 0.05) is 6.08 Å². The van der Waals surface area contributed by atoms with Crippen LogP contribution in [0.4, 0.5) is 13.2 Å². The maximum Gasteiger partial charge on any atom is 0.573 e. The summed E-state index contributed by atoms with van der Waals surface area (Å²) in [6, 6.07) is 3.70. The molecular weight excluding hydrogens is 259 g/mol. The van der Waals surface area contributed by atoms with Crippen LogP contribution in [-0.4, -0.2) is 12.3 Å². The molecule has 0 radical (unpaired) electrons. The van der Waals surface area contributed by atoms with E-state index in [4.69, 9.17) is 17.3 Å². The van der Waals surface area contributed by atoms with Crippen LogP contribution in [0.1, 0.15) is 5.56 Å². The lowest BCUT2D eigenvalue weighted by Gasteiger charge is -2.10. The number of halogens is 4. The second kappa shape index (κ2) is 5.09. The number of nitrogens with two attached hydrogens (primary N) is 1. The van der Waals surface area contributed by atoms with Crippen molar-refractivity contribution in [1.29, 1.82) is 0 Å². The van der Waals surface area contributed by atoms with Gasteiger partial charge in [-0.1, -0.05) is 17.7 Å². The lowest BCUT2D eigenvalue weighted by atomic mass is 10.2. The van der Waals surface area contributed by atoms with Crippen molar-refractivity contribution >= 4 is 23.6 Å². The smallest absolute Gasteiger partial charge is 0.404 e. The van der Waals surface area contributed by atoms with E-state index in [2.05, 4.69) is 4.74 Å². The van der Waals surface area contributed by atoms with E-state index in [0.29, 0.717) is 5.56 Å². The fourth-order valence-electron chi connectivity index (χ4n) is 1.00. The molecule has 0 bridgehead atoms. The summed E-state index contributed by atoms with van der Waals surface area (Å²) < 4.78 is 39.7. The van der Waals surface area contributed by atoms with Crippen LogP contribution in [0.2, 0.25) is 5.02 Å². The van der Waals surface area contributed by atoms with Crippen molar-refractivity contribution in [3.05, 3.63) is 34.9 Å². The number of ether oxygens (including phenoxy) is 1. The third kappa shape index (κ3) is 4.78. The molecule has 0 heterocycles. The Balaban J connectivity index is 2.98. The van der Waals surface area contributed by atoms with Crippen molar-refractivity contribution in [2.75, 3.05) is 0 Å². The van der Waals surface area contributed by atoms with Crippen molar-refractivity contribution in [3.63, 3.8) is 0 Å². The Hall–Kier alpha value is -1.69. The van der Waals surface area contributed by atoms with Crippen molar-refractivity contribution in [1.82, 2.24) is 0 Å². The Morgan fingerprint density at radius 2 is 2.06 bits per heavy atom. The van der Waals surface area contributed by atoms with Crippen LogP contribution < -0.4 is 10.5 Å². The first-order valence-electron chi connectivity index (χ1n) is 4.31. The zero-order chi connectivity index (χ0) is 13.1. The largest absolute Gasteiger partial charge is 0.573 e. The number of amides is 1. The highest BCUT2D eigenvalue weighted by atomic mass is 35.5. The van der Waals surface area contributed by atoms with Gasteiger partial charge in [-0.15, -0.1) is 13.2 Å². The SMILES string of the molecule is NC(=O)/C=C\c1ccc(Cl)c(OC(F)(F)F)c1. The van der Waals surface area contributed by atoms with Crippen LogP contribution in [0.15, 0.2) is 24.3 Å². The number of carbonyl (C=O) groups is 1. The van der Waals surface area contributed by atoms with Gasteiger partial charge in [0.15, 0.2) is 0 Å². The minimum absolute atomic E-state index is 0.182. The molecule has 2 N–H and O–H groups in total. The van der Waals surface area contributed by atoms with Crippen LogP contribution in [0.25, 0.3) is 6.08 Å². The van der Waals surface area contributed by atoms with Gasteiger partial charge in [-0.25, -0.2) is 0 Å². The molecule has 0 fully saturated rings. The number of carbonyl (C=O) groups excluding carboxylic acids is 1. The molecule has 1 rings (SSSR count). The van der Waals surface area contributed by atoms with Crippen LogP contribution in [-0.2, 0) is 4.79 Å². The molecule has 0 spiro atoms. The van der Waals surface area contributed by atoms with E-state index >= 15 is 0 Å². The molecule has 92 valence electrons. The second-order valence-corrected chi connectivity index (χ2v) is 3.38. The molecule has 0 atom stereocenters. The van der Waals surface area contributed by atoms with Crippen LogP contribution in [0, 0.1) is 0 Å². The molecule has 0 aliphatic rings. The van der Waals surface area contributed by atoms with Gasteiger partial charge < -0.3 is 10.5 Å². The van der Waals surface area contributed by atoms with E-state index in [1.54, 1.807) is 0 Å². The molecule has 0 aliphatic carbocycles. The van der Waals surface area contributed by atoms with E-state index in [-0.39, 0.29) is 5.02 Å². The molecule has 0 saturated carbocycles. The maximum absolute atomic E-state index is 12.0. The van der Waals surface area contributed by atoms with Gasteiger partial charge in [0.1, 0.15) is 5.75 Å². The number of alkyl halides is 3. The Kier molecular flexibility index (Phi) is 4.01. The lowest BCUT2D eigenvalue weighted by Crippen LogP contribution is -2.17. The van der Waals surface area contributed by atoms with Crippen molar-refractivity contribution in [2.45, 2.75) is 6.36 Å². The highest BCUT2D eigenvalue weighted by Crippen LogP contribution is 2.31. The van der Waals surface area contributed by atoms with Crippen LogP contribution >= 0.6 is 11.6 Å². The van der Waals surface area contributed by atoms with Gasteiger partial charge >= 0.3 is 6.36 Å². The van der Waals surface area contributed by atoms with E-state index in [9.17, 15) is 18.0 Å². The van der Waals surface area contributed by atoms with Crippen molar-refractivity contribution < 1.29 is 22.7 Å². The summed E-state index contributed by atoms with van der Waals surface area (Å²) in [5.41, 5.74) is 5.16. The van der Waals surface area contributed by atoms with Gasteiger partial charge in [-0.3, -0.25) is 4.79 Å². The molecule has 1 aromatic rings. The fourth-order valence-corrected chi connectivity index (χ4v) is 1.16. The third-order valence-electron chi connectivity index (χ3n) is 1.62. The molecule has 1 amide bonds. The average molecular weight is 266 g/mol. The van der Waals surface area contributed by atoms with Gasteiger partial charge in [-0.05, 0) is 23.8 Å². The number of benzene rings is 1. The summed E-state index contributed by atoms with van der Waals surface area (Å²) in [5, 5.41) is -0.182. The molecule has 1 aromatic carbocycles. The van der Waals surface area contributed by atoms with E-state index in [1.807, 2.05) is 0 Å². The topological polar surface area (TPSA) is 52.3 Å². The minimum Gasteiger partial charge on any atom is -0.404 e. The third-order valence-corrected chi connectivity index (χ3v) is 1.93. The molecule has 0 unspecified atom stereocenters. The van der Waals surface area contributed by atoms with Gasteiger partial charge in [-0.2, -0.15) is 0 Å². The minimum atomic E-state index is -4.82. The standard InChI is InChI=1S/C10H7ClF3NO2/c11-7-3-1-6(2-4-9(15)16)5-8(7)17-10(12,13)14/h1-5H,(H2,15,16)/b4-2-. The predicted octanol–water partition coefficient (Wildman–Crippen LogP) is 2.74. The number of primary amides is 1. The first kappa shape index (κ1) is 13.4. The van der Waals surface area contributed by atoms with Crippen molar-refractivity contribution in [2.24, 2.45) is 5.73 Å². The van der Waals surface area contributed by atoms with E-state index < -0.39 is 18.0 Å². The van der Waals surface area contributed by atoms with Gasteiger partial charge in [0.05, 0.1) is 5.02 Å².